The zero-order valence-electron chi connectivity index (χ0n) is 16.3. The van der Waals surface area contributed by atoms with E-state index in [0.29, 0.717) is 26.2 Å². The van der Waals surface area contributed by atoms with E-state index >= 15 is 0 Å². The fraction of sp³-hybridized carbons (Fsp3) is 0.684. The summed E-state index contributed by atoms with van der Waals surface area (Å²) in [5.41, 5.74) is 1.09. The highest BCUT2D eigenvalue weighted by atomic mass is 16.5. The number of methoxy groups -OCH3 is 1. The van der Waals surface area contributed by atoms with Gasteiger partial charge in [-0.25, -0.2) is 0 Å². The number of unbranched alkanes of at least 4 members (excludes halogenated alkanes) is 1. The lowest BCUT2D eigenvalue weighted by atomic mass is 10.2. The van der Waals surface area contributed by atoms with Gasteiger partial charge in [-0.3, -0.25) is 9.59 Å². The van der Waals surface area contributed by atoms with Crippen LogP contribution in [0.2, 0.25) is 0 Å². The van der Waals surface area contributed by atoms with Crippen molar-refractivity contribution >= 4 is 11.8 Å². The summed E-state index contributed by atoms with van der Waals surface area (Å²) >= 11 is 0. The molecule has 0 aliphatic carbocycles. The van der Waals surface area contributed by atoms with Crippen LogP contribution in [-0.2, 0) is 27.9 Å². The van der Waals surface area contributed by atoms with Gasteiger partial charge < -0.3 is 19.1 Å². The molecule has 0 saturated carbocycles. The second-order valence-electron chi connectivity index (χ2n) is 6.69. The largest absolute Gasteiger partial charge is 0.383 e. The van der Waals surface area contributed by atoms with Gasteiger partial charge in [0.2, 0.25) is 11.8 Å². The van der Waals surface area contributed by atoms with Crippen molar-refractivity contribution in [3.63, 3.8) is 0 Å². The van der Waals surface area contributed by atoms with Crippen LogP contribution in [0.5, 0.6) is 0 Å². The van der Waals surface area contributed by atoms with Crippen LogP contribution in [0.25, 0.3) is 0 Å². The molecule has 0 bridgehead atoms. The summed E-state index contributed by atoms with van der Waals surface area (Å²) in [7, 11) is 3.58. The van der Waals surface area contributed by atoms with Crippen LogP contribution in [0.4, 0.5) is 0 Å². The summed E-state index contributed by atoms with van der Waals surface area (Å²) in [6.45, 7) is 8.05. The molecule has 0 atom stereocenters. The fourth-order valence-electron chi connectivity index (χ4n) is 2.59. The minimum atomic E-state index is -0.137. The van der Waals surface area contributed by atoms with E-state index in [1.807, 2.05) is 48.7 Å². The highest BCUT2D eigenvalue weighted by Gasteiger charge is 2.23. The number of hydrogen-bond donors (Lipinski definition) is 0. The number of amides is 2. The summed E-state index contributed by atoms with van der Waals surface area (Å²) in [6, 6.07) is 4.00. The first-order valence-corrected chi connectivity index (χ1v) is 9.06. The third kappa shape index (κ3) is 6.90. The average molecular weight is 351 g/mol. The quantitative estimate of drug-likeness (QED) is 0.615. The Morgan fingerprint density at radius 2 is 1.96 bits per heavy atom. The highest BCUT2D eigenvalue weighted by molar-refractivity contribution is 5.85. The molecular weight excluding hydrogens is 318 g/mol. The van der Waals surface area contributed by atoms with E-state index in [9.17, 15) is 9.59 Å². The molecule has 2 amide bonds. The summed E-state index contributed by atoms with van der Waals surface area (Å²) in [4.78, 5) is 28.7. The Bertz CT molecular complexity index is 540. The smallest absolute Gasteiger partial charge is 0.242 e. The minimum absolute atomic E-state index is 0.0141. The Hall–Kier alpha value is -1.82. The van der Waals surface area contributed by atoms with E-state index in [0.717, 1.165) is 18.5 Å². The van der Waals surface area contributed by atoms with Gasteiger partial charge in [-0.05, 0) is 18.6 Å². The van der Waals surface area contributed by atoms with Crippen LogP contribution in [-0.4, -0.2) is 59.5 Å². The Morgan fingerprint density at radius 1 is 1.24 bits per heavy atom. The van der Waals surface area contributed by atoms with Crippen molar-refractivity contribution in [1.29, 1.82) is 0 Å². The standard InChI is InChI=1S/C19H33N3O3/c1-6-7-11-21(14-17-9-8-10-20(17)4)18(23)15-22(12-13-25-5)19(24)16(2)3/h8-10,16H,6-7,11-15H2,1-5H3. The molecule has 0 unspecified atom stereocenters. The molecule has 0 saturated heterocycles. The van der Waals surface area contributed by atoms with Crippen LogP contribution in [0.15, 0.2) is 18.3 Å². The maximum absolute atomic E-state index is 12.9. The number of aromatic nitrogens is 1. The first-order valence-electron chi connectivity index (χ1n) is 9.06. The molecule has 1 rings (SSSR count). The Kier molecular flexibility index (Phi) is 9.27. The van der Waals surface area contributed by atoms with E-state index in [2.05, 4.69) is 6.92 Å². The minimum Gasteiger partial charge on any atom is -0.383 e. The van der Waals surface area contributed by atoms with Crippen molar-refractivity contribution < 1.29 is 14.3 Å². The molecule has 0 aliphatic rings. The number of carbonyl (C=O) groups excluding carboxylic acids is 2. The third-order valence-electron chi connectivity index (χ3n) is 4.24. The van der Waals surface area contributed by atoms with Crippen molar-refractivity contribution in [1.82, 2.24) is 14.4 Å². The van der Waals surface area contributed by atoms with Crippen molar-refractivity contribution in [3.05, 3.63) is 24.0 Å². The first-order chi connectivity index (χ1) is 11.9. The van der Waals surface area contributed by atoms with Gasteiger partial charge in [-0.15, -0.1) is 0 Å². The Labute approximate surface area is 151 Å². The fourth-order valence-corrected chi connectivity index (χ4v) is 2.59. The summed E-state index contributed by atoms with van der Waals surface area (Å²) in [5, 5.41) is 0. The van der Waals surface area contributed by atoms with Gasteiger partial charge >= 0.3 is 0 Å². The molecule has 1 aromatic heterocycles. The zero-order chi connectivity index (χ0) is 18.8. The van der Waals surface area contributed by atoms with E-state index in [-0.39, 0.29) is 24.3 Å². The molecule has 0 aromatic carbocycles. The lowest BCUT2D eigenvalue weighted by Gasteiger charge is -2.28. The van der Waals surface area contributed by atoms with E-state index in [1.165, 1.54) is 0 Å². The maximum Gasteiger partial charge on any atom is 0.242 e. The van der Waals surface area contributed by atoms with E-state index in [1.54, 1.807) is 12.0 Å². The van der Waals surface area contributed by atoms with Gasteiger partial charge in [0.15, 0.2) is 0 Å². The van der Waals surface area contributed by atoms with Crippen molar-refractivity contribution in [2.24, 2.45) is 13.0 Å². The maximum atomic E-state index is 12.9. The summed E-state index contributed by atoms with van der Waals surface area (Å²) < 4.78 is 7.11. The Morgan fingerprint density at radius 3 is 2.48 bits per heavy atom. The van der Waals surface area contributed by atoms with Crippen molar-refractivity contribution in [3.8, 4) is 0 Å². The first kappa shape index (κ1) is 21.2. The Balaban J connectivity index is 2.82. The predicted molar refractivity (Wildman–Crippen MR) is 99.0 cm³/mol. The molecule has 0 fully saturated rings. The molecule has 0 radical (unpaired) electrons. The lowest BCUT2D eigenvalue weighted by molar-refractivity contribution is -0.143. The molecule has 1 heterocycles. The summed E-state index contributed by atoms with van der Waals surface area (Å²) in [6.07, 6.45) is 3.95. The monoisotopic (exact) mass is 351 g/mol. The normalized spacial score (nSPS) is 11.0. The van der Waals surface area contributed by atoms with Crippen LogP contribution in [0.1, 0.15) is 39.3 Å². The SMILES string of the molecule is CCCCN(Cc1cccn1C)C(=O)CN(CCOC)C(=O)C(C)C. The summed E-state index contributed by atoms with van der Waals surface area (Å²) in [5.74, 6) is -0.166. The predicted octanol–water partition coefficient (Wildman–Crippen LogP) is 2.28. The van der Waals surface area contributed by atoms with Crippen LogP contribution < -0.4 is 0 Å². The van der Waals surface area contributed by atoms with Gasteiger partial charge in [-0.2, -0.15) is 0 Å². The van der Waals surface area contributed by atoms with Gasteiger partial charge in [-0.1, -0.05) is 27.2 Å². The number of hydrogen-bond acceptors (Lipinski definition) is 3. The second kappa shape index (κ2) is 10.9. The number of ether oxygens (including phenoxy) is 1. The van der Waals surface area contributed by atoms with E-state index in [4.69, 9.17) is 4.74 Å². The highest BCUT2D eigenvalue weighted by Crippen LogP contribution is 2.09. The molecule has 142 valence electrons. The number of nitrogens with zero attached hydrogens (tertiary/aromatic N) is 3. The number of rotatable bonds is 11. The zero-order valence-corrected chi connectivity index (χ0v) is 16.3. The number of aryl methyl sites for hydroxylation is 1. The van der Waals surface area contributed by atoms with Crippen LogP contribution in [0.3, 0.4) is 0 Å². The third-order valence-corrected chi connectivity index (χ3v) is 4.24. The molecular formula is C19H33N3O3. The molecule has 6 nitrogen and oxygen atoms in total. The molecule has 0 N–H and O–H groups in total. The molecule has 25 heavy (non-hydrogen) atoms. The van der Waals surface area contributed by atoms with Gasteiger partial charge in [0.1, 0.15) is 0 Å². The molecule has 1 aromatic rings. The number of carbonyl (C=O) groups is 2. The molecule has 0 aliphatic heterocycles. The van der Waals surface area contributed by atoms with E-state index < -0.39 is 0 Å². The lowest BCUT2D eigenvalue weighted by Crippen LogP contribution is -2.45. The second-order valence-corrected chi connectivity index (χ2v) is 6.69. The van der Waals surface area contributed by atoms with Crippen LogP contribution >= 0.6 is 0 Å². The topological polar surface area (TPSA) is 54.8 Å². The van der Waals surface area contributed by atoms with Crippen LogP contribution in [0, 0.1) is 5.92 Å². The van der Waals surface area contributed by atoms with Gasteiger partial charge in [0.25, 0.3) is 0 Å². The van der Waals surface area contributed by atoms with Crippen molar-refractivity contribution in [2.75, 3.05) is 33.4 Å². The average Bonchev–Trinajstić information content (AvgIpc) is 2.99. The molecule has 0 spiro atoms. The molecule has 6 heteroatoms. The van der Waals surface area contributed by atoms with Gasteiger partial charge in [0.05, 0.1) is 19.7 Å². The van der Waals surface area contributed by atoms with Crippen molar-refractivity contribution in [2.45, 2.75) is 40.2 Å². The van der Waals surface area contributed by atoms with Gasteiger partial charge in [0, 0.05) is 45.1 Å².